The zero-order valence-electron chi connectivity index (χ0n) is 21.5. The standard InChI is InChI=1S/C36H25N3/c1-24-16-17-29-23-30(19-18-28(29)22-24)32-21-20-25-10-8-9-15-31(25)33(32)36-38-34(26-11-4-2-5-12-26)37-35(39-36)27-13-6-3-7-14-27/h2-23H,1H3. The zero-order valence-corrected chi connectivity index (χ0v) is 21.5. The lowest BCUT2D eigenvalue weighted by molar-refractivity contribution is 1.08. The molecule has 0 fully saturated rings. The Balaban J connectivity index is 1.53. The van der Waals surface area contributed by atoms with E-state index >= 15 is 0 Å². The van der Waals surface area contributed by atoms with E-state index in [1.54, 1.807) is 0 Å². The van der Waals surface area contributed by atoms with Gasteiger partial charge in [-0.1, -0.05) is 133 Å². The van der Waals surface area contributed by atoms with E-state index in [9.17, 15) is 0 Å². The summed E-state index contributed by atoms with van der Waals surface area (Å²) in [6, 6.07) is 46.3. The quantitative estimate of drug-likeness (QED) is 0.242. The predicted molar refractivity (Wildman–Crippen MR) is 161 cm³/mol. The average Bonchev–Trinajstić information content (AvgIpc) is 3.01. The van der Waals surface area contributed by atoms with E-state index in [2.05, 4.69) is 79.7 Å². The highest BCUT2D eigenvalue weighted by Crippen LogP contribution is 2.38. The fraction of sp³-hybridized carbons (Fsp3) is 0.0278. The van der Waals surface area contributed by atoms with Crippen LogP contribution < -0.4 is 0 Å². The second kappa shape index (κ2) is 9.62. The minimum atomic E-state index is 0.660. The van der Waals surface area contributed by atoms with Crippen molar-refractivity contribution < 1.29 is 0 Å². The van der Waals surface area contributed by atoms with Crippen molar-refractivity contribution in [2.45, 2.75) is 6.92 Å². The molecule has 3 nitrogen and oxygen atoms in total. The largest absolute Gasteiger partial charge is 0.208 e. The summed E-state index contributed by atoms with van der Waals surface area (Å²) in [5.41, 5.74) is 6.42. The molecule has 0 spiro atoms. The Morgan fingerprint density at radius 2 is 0.974 bits per heavy atom. The topological polar surface area (TPSA) is 38.7 Å². The van der Waals surface area contributed by atoms with Crippen molar-refractivity contribution in [3.05, 3.63) is 139 Å². The molecule has 7 aromatic rings. The number of nitrogens with zero attached hydrogens (tertiary/aromatic N) is 3. The van der Waals surface area contributed by atoms with Gasteiger partial charge in [-0.3, -0.25) is 0 Å². The van der Waals surface area contributed by atoms with E-state index in [0.717, 1.165) is 38.6 Å². The molecule has 184 valence electrons. The molecule has 0 aliphatic heterocycles. The first-order valence-electron chi connectivity index (χ1n) is 13.1. The van der Waals surface area contributed by atoms with Crippen LogP contribution in [0.2, 0.25) is 0 Å². The first-order chi connectivity index (χ1) is 19.2. The van der Waals surface area contributed by atoms with Crippen LogP contribution in [0.5, 0.6) is 0 Å². The molecule has 0 N–H and O–H groups in total. The molecule has 0 bridgehead atoms. The van der Waals surface area contributed by atoms with Crippen LogP contribution in [0, 0.1) is 6.92 Å². The third kappa shape index (κ3) is 4.34. The fourth-order valence-electron chi connectivity index (χ4n) is 5.21. The summed E-state index contributed by atoms with van der Waals surface area (Å²) < 4.78 is 0. The van der Waals surface area contributed by atoms with Crippen LogP contribution in [0.15, 0.2) is 133 Å². The smallest absolute Gasteiger partial charge is 0.165 e. The molecule has 0 amide bonds. The lowest BCUT2D eigenvalue weighted by Gasteiger charge is -2.15. The van der Waals surface area contributed by atoms with E-state index in [0.29, 0.717) is 17.5 Å². The summed E-state index contributed by atoms with van der Waals surface area (Å²) in [6.07, 6.45) is 0. The average molecular weight is 500 g/mol. The van der Waals surface area contributed by atoms with Gasteiger partial charge in [-0.2, -0.15) is 0 Å². The molecule has 0 saturated heterocycles. The van der Waals surface area contributed by atoms with Gasteiger partial charge in [0.25, 0.3) is 0 Å². The summed E-state index contributed by atoms with van der Waals surface area (Å²) in [4.78, 5) is 15.1. The van der Waals surface area contributed by atoms with Crippen LogP contribution in [-0.4, -0.2) is 15.0 Å². The van der Waals surface area contributed by atoms with Crippen molar-refractivity contribution >= 4 is 21.5 Å². The van der Waals surface area contributed by atoms with Crippen molar-refractivity contribution in [3.8, 4) is 45.3 Å². The van der Waals surface area contributed by atoms with Crippen molar-refractivity contribution in [2.75, 3.05) is 0 Å². The number of aromatic nitrogens is 3. The number of benzene rings is 6. The SMILES string of the molecule is Cc1ccc2cc(-c3ccc4ccccc4c3-c3nc(-c4ccccc4)nc(-c4ccccc4)n3)ccc2c1. The highest BCUT2D eigenvalue weighted by Gasteiger charge is 2.18. The Hall–Kier alpha value is -5.15. The van der Waals surface area contributed by atoms with Gasteiger partial charge >= 0.3 is 0 Å². The van der Waals surface area contributed by atoms with E-state index in [1.165, 1.54) is 16.3 Å². The highest BCUT2D eigenvalue weighted by atomic mass is 15.0. The predicted octanol–water partition coefficient (Wildman–Crippen LogP) is 9.15. The highest BCUT2D eigenvalue weighted by molar-refractivity contribution is 6.04. The third-order valence-electron chi connectivity index (χ3n) is 7.16. The third-order valence-corrected chi connectivity index (χ3v) is 7.16. The van der Waals surface area contributed by atoms with Gasteiger partial charge in [-0.15, -0.1) is 0 Å². The molecule has 1 heterocycles. The van der Waals surface area contributed by atoms with Crippen LogP contribution >= 0.6 is 0 Å². The van der Waals surface area contributed by atoms with Crippen LogP contribution in [0.4, 0.5) is 0 Å². The number of aryl methyl sites for hydroxylation is 1. The number of hydrogen-bond donors (Lipinski definition) is 0. The van der Waals surface area contributed by atoms with Gasteiger partial charge in [0.15, 0.2) is 17.5 Å². The molecule has 7 rings (SSSR count). The second-order valence-electron chi connectivity index (χ2n) is 9.81. The summed E-state index contributed by atoms with van der Waals surface area (Å²) in [6.45, 7) is 2.13. The molecule has 0 aliphatic carbocycles. The minimum Gasteiger partial charge on any atom is -0.208 e. The van der Waals surface area contributed by atoms with Crippen LogP contribution in [0.3, 0.4) is 0 Å². The molecule has 0 unspecified atom stereocenters. The normalized spacial score (nSPS) is 11.2. The maximum Gasteiger partial charge on any atom is 0.165 e. The lowest BCUT2D eigenvalue weighted by atomic mass is 9.92. The molecule has 3 heteroatoms. The molecular formula is C36H25N3. The molecular weight excluding hydrogens is 474 g/mol. The number of fused-ring (bicyclic) bond motifs is 2. The van der Waals surface area contributed by atoms with E-state index in [1.807, 2.05) is 60.7 Å². The maximum atomic E-state index is 5.09. The van der Waals surface area contributed by atoms with Gasteiger partial charge in [0.05, 0.1) is 0 Å². The molecule has 0 atom stereocenters. The van der Waals surface area contributed by atoms with E-state index in [-0.39, 0.29) is 0 Å². The van der Waals surface area contributed by atoms with Crippen LogP contribution in [0.1, 0.15) is 5.56 Å². The number of rotatable bonds is 4. The molecule has 0 aliphatic rings. The van der Waals surface area contributed by atoms with Crippen LogP contribution in [0.25, 0.3) is 66.8 Å². The summed E-state index contributed by atoms with van der Waals surface area (Å²) in [7, 11) is 0. The fourth-order valence-corrected chi connectivity index (χ4v) is 5.21. The Morgan fingerprint density at radius 3 is 1.69 bits per heavy atom. The summed E-state index contributed by atoms with van der Waals surface area (Å²) in [5.74, 6) is 1.98. The summed E-state index contributed by atoms with van der Waals surface area (Å²) in [5, 5.41) is 4.71. The molecule has 1 aromatic heterocycles. The molecule has 6 aromatic carbocycles. The first kappa shape index (κ1) is 23.0. The monoisotopic (exact) mass is 499 g/mol. The maximum absolute atomic E-state index is 5.09. The van der Waals surface area contributed by atoms with Crippen LogP contribution in [-0.2, 0) is 0 Å². The first-order valence-corrected chi connectivity index (χ1v) is 13.1. The second-order valence-corrected chi connectivity index (χ2v) is 9.81. The number of hydrogen-bond acceptors (Lipinski definition) is 3. The van der Waals surface area contributed by atoms with Gasteiger partial charge in [0, 0.05) is 16.7 Å². The summed E-state index contributed by atoms with van der Waals surface area (Å²) >= 11 is 0. The lowest BCUT2D eigenvalue weighted by Crippen LogP contribution is -2.01. The molecule has 39 heavy (non-hydrogen) atoms. The van der Waals surface area contributed by atoms with Gasteiger partial charge in [0.1, 0.15) is 0 Å². The van der Waals surface area contributed by atoms with Crippen molar-refractivity contribution in [2.24, 2.45) is 0 Å². The van der Waals surface area contributed by atoms with Gasteiger partial charge in [0.2, 0.25) is 0 Å². The zero-order chi connectivity index (χ0) is 26.2. The van der Waals surface area contributed by atoms with E-state index in [4.69, 9.17) is 15.0 Å². The van der Waals surface area contributed by atoms with Gasteiger partial charge < -0.3 is 0 Å². The minimum absolute atomic E-state index is 0.660. The van der Waals surface area contributed by atoms with Gasteiger partial charge in [-0.25, -0.2) is 15.0 Å². The Bertz CT molecular complexity index is 1900. The van der Waals surface area contributed by atoms with Gasteiger partial charge in [-0.05, 0) is 45.7 Å². The van der Waals surface area contributed by atoms with Crippen molar-refractivity contribution in [3.63, 3.8) is 0 Å². The Kier molecular flexibility index (Phi) is 5.68. The van der Waals surface area contributed by atoms with E-state index < -0.39 is 0 Å². The Labute approximate surface area is 227 Å². The van der Waals surface area contributed by atoms with Crippen molar-refractivity contribution in [1.82, 2.24) is 15.0 Å². The molecule has 0 saturated carbocycles. The Morgan fingerprint density at radius 1 is 0.410 bits per heavy atom. The molecule has 0 radical (unpaired) electrons. The van der Waals surface area contributed by atoms with Crippen molar-refractivity contribution in [1.29, 1.82) is 0 Å².